The fourth-order valence-corrected chi connectivity index (χ4v) is 11.7. The summed E-state index contributed by atoms with van der Waals surface area (Å²) in [5.41, 5.74) is 4.15. The Kier molecular flexibility index (Phi) is 4.18. The third-order valence-electron chi connectivity index (χ3n) is 7.56. The van der Waals surface area contributed by atoms with E-state index >= 15 is 0 Å². The second kappa shape index (κ2) is 7.28. The van der Waals surface area contributed by atoms with Crippen molar-refractivity contribution in [2.24, 2.45) is 0 Å². The first-order valence-corrected chi connectivity index (χ1v) is 14.0. The third kappa shape index (κ3) is 2.53. The van der Waals surface area contributed by atoms with Gasteiger partial charge in [-0.15, -0.1) is 0 Å². The zero-order valence-corrected chi connectivity index (χ0v) is 20.1. The van der Waals surface area contributed by atoms with Crippen molar-refractivity contribution in [2.75, 3.05) is 0 Å². The SMILES string of the molecule is Cc1cccc([Si]2(c3ccccc3)c3ccc4ccccc4c3-c3ccc4ccccc4c32)c1. The van der Waals surface area contributed by atoms with Crippen LogP contribution >= 0.6 is 0 Å². The normalized spacial score (nSPS) is 16.5. The van der Waals surface area contributed by atoms with Crippen LogP contribution in [0.1, 0.15) is 5.56 Å². The van der Waals surface area contributed by atoms with E-state index in [0.717, 1.165) is 0 Å². The van der Waals surface area contributed by atoms with Crippen molar-refractivity contribution in [2.45, 2.75) is 6.92 Å². The first-order valence-electron chi connectivity index (χ1n) is 12.0. The van der Waals surface area contributed by atoms with Crippen molar-refractivity contribution in [3.05, 3.63) is 133 Å². The van der Waals surface area contributed by atoms with Crippen molar-refractivity contribution in [3.63, 3.8) is 0 Å². The average Bonchev–Trinajstić information content (AvgIpc) is 3.21. The van der Waals surface area contributed by atoms with Crippen LogP contribution in [0.4, 0.5) is 0 Å². The Morgan fingerprint density at radius 3 is 1.94 bits per heavy atom. The van der Waals surface area contributed by atoms with Crippen LogP contribution in [-0.2, 0) is 0 Å². The van der Waals surface area contributed by atoms with Gasteiger partial charge in [0.25, 0.3) is 0 Å². The summed E-state index contributed by atoms with van der Waals surface area (Å²) in [6.45, 7) is 2.22. The van der Waals surface area contributed by atoms with Crippen LogP contribution in [0.3, 0.4) is 0 Å². The van der Waals surface area contributed by atoms with Gasteiger partial charge in [0.05, 0.1) is 0 Å². The number of fused-ring (bicyclic) bond motifs is 7. The molecule has 0 aromatic heterocycles. The largest absolute Gasteiger partial charge is 0.181 e. The Bertz CT molecular complexity index is 1710. The maximum absolute atomic E-state index is 2.54. The summed E-state index contributed by atoms with van der Waals surface area (Å²) in [5, 5.41) is 11.3. The molecule has 0 amide bonds. The van der Waals surface area contributed by atoms with E-state index in [2.05, 4.69) is 134 Å². The number of rotatable bonds is 2. The highest BCUT2D eigenvalue weighted by Crippen LogP contribution is 2.36. The molecule has 1 aliphatic rings. The topological polar surface area (TPSA) is 0 Å². The number of hydrogen-bond donors (Lipinski definition) is 0. The molecule has 6 aromatic carbocycles. The lowest BCUT2D eigenvalue weighted by Gasteiger charge is -2.32. The first kappa shape index (κ1) is 19.5. The molecule has 1 heteroatoms. The zero-order valence-electron chi connectivity index (χ0n) is 19.1. The minimum absolute atomic E-state index is 1.31. The van der Waals surface area contributed by atoms with Gasteiger partial charge in [-0.1, -0.05) is 133 Å². The smallest absolute Gasteiger partial charge is 0.0623 e. The van der Waals surface area contributed by atoms with E-state index in [1.54, 1.807) is 0 Å². The maximum Gasteiger partial charge on any atom is 0.181 e. The maximum atomic E-state index is 2.44. The quantitative estimate of drug-likeness (QED) is 0.299. The van der Waals surface area contributed by atoms with E-state index in [1.165, 1.54) is 59.0 Å². The summed E-state index contributed by atoms with van der Waals surface area (Å²) in [7, 11) is -2.54. The van der Waals surface area contributed by atoms with Gasteiger partial charge in [0.2, 0.25) is 0 Å². The fraction of sp³-hybridized carbons (Fsp3) is 0.0303. The zero-order chi connectivity index (χ0) is 22.7. The van der Waals surface area contributed by atoms with Gasteiger partial charge >= 0.3 is 0 Å². The summed E-state index contributed by atoms with van der Waals surface area (Å²) >= 11 is 0. The van der Waals surface area contributed by atoms with Gasteiger partial charge in [0.1, 0.15) is 0 Å². The number of hydrogen-bond acceptors (Lipinski definition) is 0. The van der Waals surface area contributed by atoms with Crippen molar-refractivity contribution in [1.82, 2.24) is 0 Å². The van der Waals surface area contributed by atoms with Crippen LogP contribution in [0.2, 0.25) is 0 Å². The van der Waals surface area contributed by atoms with Crippen molar-refractivity contribution in [1.29, 1.82) is 0 Å². The third-order valence-corrected chi connectivity index (χ3v) is 12.5. The second-order valence-corrected chi connectivity index (χ2v) is 13.1. The monoisotopic (exact) mass is 448 g/mol. The molecule has 160 valence electrons. The predicted molar refractivity (Wildman–Crippen MR) is 149 cm³/mol. The van der Waals surface area contributed by atoms with E-state index in [-0.39, 0.29) is 0 Å². The predicted octanol–water partition coefficient (Wildman–Crippen LogP) is 5.66. The van der Waals surface area contributed by atoms with Crippen LogP contribution in [0.15, 0.2) is 127 Å². The standard InChI is InChI=1S/C33H24Si/c1-23-10-9-15-27(22-23)34(26-13-3-2-4-14-26)31-21-19-24-11-5-7-16-28(24)32(31)30-20-18-25-12-6-8-17-29(25)33(30)34/h2-22H,1H3. The van der Waals surface area contributed by atoms with Gasteiger partial charge in [0, 0.05) is 0 Å². The molecular formula is C33H24Si. The highest BCUT2D eigenvalue weighted by Gasteiger charge is 2.50. The van der Waals surface area contributed by atoms with E-state index in [1.807, 2.05) is 0 Å². The molecule has 0 fully saturated rings. The Morgan fingerprint density at radius 1 is 0.500 bits per heavy atom. The van der Waals surface area contributed by atoms with E-state index < -0.39 is 8.07 Å². The summed E-state index contributed by atoms with van der Waals surface area (Å²) in [6, 6.07) is 47.9. The lowest BCUT2D eigenvalue weighted by Crippen LogP contribution is -2.73. The highest BCUT2D eigenvalue weighted by molar-refractivity contribution is 7.23. The van der Waals surface area contributed by atoms with Crippen LogP contribution < -0.4 is 20.7 Å². The van der Waals surface area contributed by atoms with Gasteiger partial charge in [0.15, 0.2) is 8.07 Å². The minimum atomic E-state index is -2.54. The lowest BCUT2D eigenvalue weighted by atomic mass is 9.96. The van der Waals surface area contributed by atoms with Gasteiger partial charge < -0.3 is 0 Å². The molecule has 34 heavy (non-hydrogen) atoms. The van der Waals surface area contributed by atoms with Crippen LogP contribution in [0, 0.1) is 6.92 Å². The molecule has 0 N–H and O–H groups in total. The summed E-state index contributed by atoms with van der Waals surface area (Å²) in [6.07, 6.45) is 0. The van der Waals surface area contributed by atoms with Crippen LogP contribution in [0.5, 0.6) is 0 Å². The number of aryl methyl sites for hydroxylation is 1. The van der Waals surface area contributed by atoms with Crippen molar-refractivity contribution < 1.29 is 0 Å². The minimum Gasteiger partial charge on any atom is -0.0623 e. The molecule has 0 radical (unpaired) electrons. The Labute approximate surface area is 201 Å². The van der Waals surface area contributed by atoms with Gasteiger partial charge in [-0.3, -0.25) is 0 Å². The van der Waals surface area contributed by atoms with Gasteiger partial charge in [-0.25, -0.2) is 0 Å². The molecular weight excluding hydrogens is 424 g/mol. The molecule has 0 bridgehead atoms. The highest BCUT2D eigenvalue weighted by atomic mass is 28.3. The Morgan fingerprint density at radius 2 is 1.15 bits per heavy atom. The molecule has 6 aromatic rings. The van der Waals surface area contributed by atoms with Crippen molar-refractivity contribution in [3.8, 4) is 11.1 Å². The van der Waals surface area contributed by atoms with E-state index in [0.29, 0.717) is 0 Å². The average molecular weight is 449 g/mol. The molecule has 7 rings (SSSR count). The lowest BCUT2D eigenvalue weighted by molar-refractivity contribution is 1.49. The molecule has 0 saturated heterocycles. The fourth-order valence-electron chi connectivity index (χ4n) is 6.23. The number of benzene rings is 6. The Balaban J connectivity index is 1.78. The molecule has 0 saturated carbocycles. The molecule has 1 atom stereocenters. The van der Waals surface area contributed by atoms with Crippen molar-refractivity contribution >= 4 is 50.4 Å². The second-order valence-electron chi connectivity index (χ2n) is 9.40. The molecule has 0 spiro atoms. The van der Waals surface area contributed by atoms with Crippen LogP contribution in [0.25, 0.3) is 32.7 Å². The first-order chi connectivity index (χ1) is 16.8. The Hall–Kier alpha value is -3.94. The summed E-state index contributed by atoms with van der Waals surface area (Å²) in [4.78, 5) is 0. The molecule has 1 aliphatic heterocycles. The summed E-state index contributed by atoms with van der Waals surface area (Å²) < 4.78 is 0. The molecule has 0 aliphatic carbocycles. The summed E-state index contributed by atoms with van der Waals surface area (Å²) in [5.74, 6) is 0. The van der Waals surface area contributed by atoms with E-state index in [4.69, 9.17) is 0 Å². The van der Waals surface area contributed by atoms with Crippen LogP contribution in [-0.4, -0.2) is 8.07 Å². The van der Waals surface area contributed by atoms with Gasteiger partial charge in [-0.2, -0.15) is 0 Å². The molecule has 0 nitrogen and oxygen atoms in total. The molecule has 1 unspecified atom stereocenters. The van der Waals surface area contributed by atoms with Gasteiger partial charge in [-0.05, 0) is 60.3 Å². The molecule has 1 heterocycles. The van der Waals surface area contributed by atoms with E-state index in [9.17, 15) is 0 Å².